The summed E-state index contributed by atoms with van der Waals surface area (Å²) in [7, 11) is 0. The van der Waals surface area contributed by atoms with E-state index in [1.54, 1.807) is 0 Å². The van der Waals surface area contributed by atoms with E-state index in [2.05, 4.69) is 11.9 Å². The van der Waals surface area contributed by atoms with Crippen molar-refractivity contribution in [2.24, 2.45) is 0 Å². The van der Waals surface area contributed by atoms with E-state index in [-0.39, 0.29) is 5.92 Å². The number of hydrogen-bond donors (Lipinski definition) is 0. The summed E-state index contributed by atoms with van der Waals surface area (Å²) in [5.74, 6) is 0.273. The monoisotopic (exact) mass is 231 g/mol. The molecule has 0 aliphatic rings. The molecule has 0 fully saturated rings. The van der Waals surface area contributed by atoms with E-state index in [1.165, 1.54) is 12.3 Å². The van der Waals surface area contributed by atoms with Gasteiger partial charge in [-0.2, -0.15) is 13.2 Å². The van der Waals surface area contributed by atoms with Gasteiger partial charge in [-0.15, -0.1) is 0 Å². The lowest BCUT2D eigenvalue weighted by molar-refractivity contribution is -0.141. The fourth-order valence-electron chi connectivity index (χ4n) is 1.54. The maximum absolute atomic E-state index is 12.3. The fourth-order valence-corrected chi connectivity index (χ4v) is 1.54. The molecule has 0 aromatic carbocycles. The Morgan fingerprint density at radius 1 is 1.31 bits per heavy atom. The lowest BCUT2D eigenvalue weighted by Crippen LogP contribution is -2.08. The Bertz CT molecular complexity index is 316. The van der Waals surface area contributed by atoms with Crippen molar-refractivity contribution in [2.45, 2.75) is 45.2 Å². The molecule has 4 heteroatoms. The van der Waals surface area contributed by atoms with Gasteiger partial charge in [0.15, 0.2) is 0 Å². The second-order valence-corrected chi connectivity index (χ2v) is 4.02. The molecule has 0 spiro atoms. The van der Waals surface area contributed by atoms with E-state index in [0.29, 0.717) is 0 Å². The SMILES string of the molecule is CCCCC(C)c1ccc(C(F)(F)F)nc1. The van der Waals surface area contributed by atoms with Gasteiger partial charge in [0.05, 0.1) is 0 Å². The lowest BCUT2D eigenvalue weighted by atomic mass is 9.97. The van der Waals surface area contributed by atoms with Gasteiger partial charge in [-0.05, 0) is 24.0 Å². The van der Waals surface area contributed by atoms with Gasteiger partial charge in [-0.1, -0.05) is 32.8 Å². The van der Waals surface area contributed by atoms with Crippen LogP contribution in [0.25, 0.3) is 0 Å². The van der Waals surface area contributed by atoms with Gasteiger partial charge in [-0.3, -0.25) is 4.98 Å². The first kappa shape index (κ1) is 13.0. The smallest absolute Gasteiger partial charge is 0.251 e. The standard InChI is InChI=1S/C12H16F3N/c1-3-4-5-9(2)10-6-7-11(16-8-10)12(13,14)15/h6-9H,3-5H2,1-2H3. The van der Waals surface area contributed by atoms with Crippen LogP contribution in [0, 0.1) is 0 Å². The van der Waals surface area contributed by atoms with Crippen LogP contribution in [-0.4, -0.2) is 4.98 Å². The molecule has 16 heavy (non-hydrogen) atoms. The molecular weight excluding hydrogens is 215 g/mol. The molecule has 0 N–H and O–H groups in total. The highest BCUT2D eigenvalue weighted by Crippen LogP contribution is 2.28. The minimum atomic E-state index is -4.34. The first-order chi connectivity index (χ1) is 7.45. The zero-order valence-electron chi connectivity index (χ0n) is 9.51. The molecule has 1 aromatic rings. The quantitative estimate of drug-likeness (QED) is 0.748. The Morgan fingerprint density at radius 2 is 2.00 bits per heavy atom. The highest BCUT2D eigenvalue weighted by atomic mass is 19.4. The van der Waals surface area contributed by atoms with E-state index in [0.717, 1.165) is 30.9 Å². The van der Waals surface area contributed by atoms with Gasteiger partial charge in [0, 0.05) is 6.20 Å². The molecule has 1 rings (SSSR count). The third kappa shape index (κ3) is 3.51. The predicted molar refractivity (Wildman–Crippen MR) is 57.2 cm³/mol. The van der Waals surface area contributed by atoms with Crippen molar-refractivity contribution >= 4 is 0 Å². The van der Waals surface area contributed by atoms with Gasteiger partial charge in [-0.25, -0.2) is 0 Å². The summed E-state index contributed by atoms with van der Waals surface area (Å²) in [6.07, 6.45) is 0.165. The highest BCUT2D eigenvalue weighted by molar-refractivity contribution is 5.19. The largest absolute Gasteiger partial charge is 0.433 e. The number of alkyl halides is 3. The molecule has 1 nitrogen and oxygen atoms in total. The van der Waals surface area contributed by atoms with Crippen LogP contribution in [-0.2, 0) is 6.18 Å². The Balaban J connectivity index is 2.71. The molecule has 0 aliphatic heterocycles. The molecule has 0 radical (unpaired) electrons. The summed E-state index contributed by atoms with van der Waals surface area (Å²) < 4.78 is 36.8. The average molecular weight is 231 g/mol. The molecule has 0 aliphatic carbocycles. The van der Waals surface area contributed by atoms with Crippen molar-refractivity contribution in [1.29, 1.82) is 0 Å². The number of rotatable bonds is 4. The molecule has 90 valence electrons. The summed E-state index contributed by atoms with van der Waals surface area (Å²) in [4.78, 5) is 3.45. The maximum atomic E-state index is 12.3. The molecular formula is C12H16F3N. The zero-order chi connectivity index (χ0) is 12.2. The van der Waals surface area contributed by atoms with Crippen LogP contribution in [0.3, 0.4) is 0 Å². The van der Waals surface area contributed by atoms with Crippen LogP contribution in [0.2, 0.25) is 0 Å². The minimum absolute atomic E-state index is 0.273. The number of pyridine rings is 1. The molecule has 1 atom stereocenters. The molecule has 1 aromatic heterocycles. The number of unbranched alkanes of at least 4 members (excludes halogenated alkanes) is 1. The zero-order valence-corrected chi connectivity index (χ0v) is 9.51. The van der Waals surface area contributed by atoms with Crippen molar-refractivity contribution < 1.29 is 13.2 Å². The Kier molecular flexibility index (Phi) is 4.33. The summed E-state index contributed by atoms with van der Waals surface area (Å²) in [6.45, 7) is 4.11. The van der Waals surface area contributed by atoms with E-state index in [1.807, 2.05) is 6.92 Å². The van der Waals surface area contributed by atoms with E-state index >= 15 is 0 Å². The van der Waals surface area contributed by atoms with E-state index in [4.69, 9.17) is 0 Å². The molecule has 1 unspecified atom stereocenters. The van der Waals surface area contributed by atoms with Crippen molar-refractivity contribution in [2.75, 3.05) is 0 Å². The van der Waals surface area contributed by atoms with E-state index < -0.39 is 11.9 Å². The summed E-state index contributed by atoms with van der Waals surface area (Å²) in [5, 5.41) is 0. The Labute approximate surface area is 93.7 Å². The van der Waals surface area contributed by atoms with Crippen molar-refractivity contribution in [1.82, 2.24) is 4.98 Å². The average Bonchev–Trinajstić information content (AvgIpc) is 2.25. The summed E-state index contributed by atoms with van der Waals surface area (Å²) in [6, 6.07) is 2.58. The number of halogens is 3. The molecule has 0 saturated carbocycles. The van der Waals surface area contributed by atoms with Crippen LogP contribution in [0.4, 0.5) is 13.2 Å². The normalized spacial score (nSPS) is 13.8. The third-order valence-corrected chi connectivity index (χ3v) is 2.64. The van der Waals surface area contributed by atoms with Crippen LogP contribution in [0.15, 0.2) is 18.3 Å². The number of hydrogen-bond acceptors (Lipinski definition) is 1. The van der Waals surface area contributed by atoms with E-state index in [9.17, 15) is 13.2 Å². The van der Waals surface area contributed by atoms with Gasteiger partial charge in [0.25, 0.3) is 0 Å². The first-order valence-electron chi connectivity index (χ1n) is 5.48. The topological polar surface area (TPSA) is 12.9 Å². The van der Waals surface area contributed by atoms with Gasteiger partial charge < -0.3 is 0 Å². The Morgan fingerprint density at radius 3 is 2.44 bits per heavy atom. The Hall–Kier alpha value is -1.06. The second kappa shape index (κ2) is 5.32. The number of aromatic nitrogens is 1. The first-order valence-corrected chi connectivity index (χ1v) is 5.48. The van der Waals surface area contributed by atoms with Crippen molar-refractivity contribution in [3.05, 3.63) is 29.6 Å². The van der Waals surface area contributed by atoms with Crippen molar-refractivity contribution in [3.8, 4) is 0 Å². The molecule has 0 bridgehead atoms. The second-order valence-electron chi connectivity index (χ2n) is 4.02. The van der Waals surface area contributed by atoms with Crippen molar-refractivity contribution in [3.63, 3.8) is 0 Å². The molecule has 0 saturated heterocycles. The summed E-state index contributed by atoms with van der Waals surface area (Å²) >= 11 is 0. The predicted octanol–water partition coefficient (Wildman–Crippen LogP) is 4.39. The summed E-state index contributed by atoms with van der Waals surface area (Å²) in [5.41, 5.74) is 0.0559. The van der Waals surface area contributed by atoms with Gasteiger partial charge >= 0.3 is 6.18 Å². The van der Waals surface area contributed by atoms with Crippen LogP contribution < -0.4 is 0 Å². The lowest BCUT2D eigenvalue weighted by Gasteiger charge is -2.12. The van der Waals surface area contributed by atoms with Gasteiger partial charge in [0.2, 0.25) is 0 Å². The van der Waals surface area contributed by atoms with Crippen LogP contribution >= 0.6 is 0 Å². The molecule has 1 heterocycles. The van der Waals surface area contributed by atoms with Crippen LogP contribution in [0.5, 0.6) is 0 Å². The maximum Gasteiger partial charge on any atom is 0.433 e. The fraction of sp³-hybridized carbons (Fsp3) is 0.583. The number of nitrogens with zero attached hydrogens (tertiary/aromatic N) is 1. The van der Waals surface area contributed by atoms with Crippen LogP contribution in [0.1, 0.15) is 50.3 Å². The molecule has 0 amide bonds. The third-order valence-electron chi connectivity index (χ3n) is 2.64. The minimum Gasteiger partial charge on any atom is -0.251 e. The highest BCUT2D eigenvalue weighted by Gasteiger charge is 2.32. The van der Waals surface area contributed by atoms with Gasteiger partial charge in [0.1, 0.15) is 5.69 Å².